The molecule has 8 heteroatoms. The van der Waals surface area contributed by atoms with Gasteiger partial charge in [-0.2, -0.15) is 0 Å². The highest BCUT2D eigenvalue weighted by Gasteiger charge is 2.39. The van der Waals surface area contributed by atoms with Gasteiger partial charge >= 0.3 is 0 Å². The lowest BCUT2D eigenvalue weighted by atomic mass is 9.88. The number of benzene rings is 2. The number of para-hydroxylation sites is 1. The molecule has 0 fully saturated rings. The summed E-state index contributed by atoms with van der Waals surface area (Å²) in [6.45, 7) is 3.33. The van der Waals surface area contributed by atoms with Crippen LogP contribution in [0.15, 0.2) is 83.9 Å². The molecule has 0 saturated heterocycles. The van der Waals surface area contributed by atoms with Crippen molar-refractivity contribution in [2.45, 2.75) is 31.5 Å². The summed E-state index contributed by atoms with van der Waals surface area (Å²) in [4.78, 5) is 16.3. The lowest BCUT2D eigenvalue weighted by Gasteiger charge is -2.31. The molecule has 0 aliphatic heterocycles. The fraction of sp³-hybridized carbons (Fsp3) is 0.250. The first-order chi connectivity index (χ1) is 15.2. The molecule has 1 atom stereocenters. The zero-order chi connectivity index (χ0) is 23.2. The quantitative estimate of drug-likeness (QED) is 0.500. The zero-order valence-electron chi connectivity index (χ0n) is 18.0. The normalized spacial score (nSPS) is 12.8. The summed E-state index contributed by atoms with van der Waals surface area (Å²) in [5, 5.41) is 0. The number of primary amides is 1. The Bertz CT molecular complexity index is 1130. The summed E-state index contributed by atoms with van der Waals surface area (Å²) in [6.07, 6.45) is 0.499. The largest absolute Gasteiger partial charge is 0.457 e. The minimum absolute atomic E-state index is 0.0451. The number of carbonyl (C=O) groups is 1. The van der Waals surface area contributed by atoms with Crippen LogP contribution in [0, 0.1) is 5.41 Å². The number of nitrogens with two attached hydrogens (primary N) is 1. The topological polar surface area (TPSA) is 109 Å². The third-order valence-electron chi connectivity index (χ3n) is 4.82. The second kappa shape index (κ2) is 9.93. The summed E-state index contributed by atoms with van der Waals surface area (Å²) in [5.41, 5.74) is 5.09. The van der Waals surface area contributed by atoms with Crippen LogP contribution in [-0.2, 0) is 26.0 Å². The van der Waals surface area contributed by atoms with Crippen LogP contribution in [0.1, 0.15) is 19.5 Å². The fourth-order valence-electron chi connectivity index (χ4n) is 3.33. The first kappa shape index (κ1) is 23.4. The number of hydrogen-bond acceptors (Lipinski definition) is 6. The average molecular weight is 455 g/mol. The predicted octanol–water partition coefficient (Wildman–Crippen LogP) is 3.74. The highest BCUT2D eigenvalue weighted by atomic mass is 32.2. The smallest absolute Gasteiger partial charge is 0.247 e. The highest BCUT2D eigenvalue weighted by molar-refractivity contribution is 7.91. The van der Waals surface area contributed by atoms with Gasteiger partial charge in [-0.25, -0.2) is 8.42 Å². The third-order valence-corrected chi connectivity index (χ3v) is 6.93. The van der Waals surface area contributed by atoms with Crippen LogP contribution in [0.2, 0.25) is 0 Å². The van der Waals surface area contributed by atoms with E-state index in [9.17, 15) is 13.2 Å². The number of aromatic nitrogens is 1. The van der Waals surface area contributed by atoms with Crippen molar-refractivity contribution in [3.8, 4) is 11.5 Å². The van der Waals surface area contributed by atoms with E-state index in [-0.39, 0.29) is 17.3 Å². The number of carbonyl (C=O) groups excluding carboxylic acids is 1. The number of rotatable bonds is 10. The molecule has 3 rings (SSSR count). The van der Waals surface area contributed by atoms with Gasteiger partial charge in [0.15, 0.2) is 9.84 Å². The van der Waals surface area contributed by atoms with Gasteiger partial charge in [0.1, 0.15) is 17.6 Å². The van der Waals surface area contributed by atoms with Gasteiger partial charge in [-0.1, -0.05) is 38.1 Å². The maximum absolute atomic E-state index is 13.1. The lowest BCUT2D eigenvalue weighted by Crippen LogP contribution is -2.46. The molecule has 1 heterocycles. The second-order valence-electron chi connectivity index (χ2n) is 8.05. The summed E-state index contributed by atoms with van der Waals surface area (Å²) in [5.74, 6) is 0.115. The molecule has 0 aliphatic rings. The van der Waals surface area contributed by atoms with E-state index in [0.29, 0.717) is 17.2 Å². The molecule has 2 N–H and O–H groups in total. The zero-order valence-corrected chi connectivity index (χ0v) is 18.8. The van der Waals surface area contributed by atoms with E-state index in [0.717, 1.165) is 0 Å². The van der Waals surface area contributed by atoms with E-state index in [2.05, 4.69) is 4.98 Å². The molecule has 168 valence electrons. The van der Waals surface area contributed by atoms with Crippen LogP contribution in [0.4, 0.5) is 0 Å². The Hall–Kier alpha value is -3.23. The first-order valence-corrected chi connectivity index (χ1v) is 11.7. The van der Waals surface area contributed by atoms with Gasteiger partial charge in [0.05, 0.1) is 22.9 Å². The Morgan fingerprint density at radius 1 is 0.969 bits per heavy atom. The number of nitrogens with zero attached hydrogens (tertiary/aromatic N) is 1. The molecule has 2 aromatic carbocycles. The van der Waals surface area contributed by atoms with E-state index >= 15 is 0 Å². The Labute approximate surface area is 188 Å². The van der Waals surface area contributed by atoms with Crippen LogP contribution >= 0.6 is 0 Å². The Morgan fingerprint density at radius 3 is 2.19 bits per heavy atom. The van der Waals surface area contributed by atoms with Gasteiger partial charge < -0.3 is 15.2 Å². The maximum atomic E-state index is 13.1. The van der Waals surface area contributed by atoms with Crippen LogP contribution in [-0.4, -0.2) is 31.2 Å². The standard InChI is InChI=1S/C24H26N2O5S/c1-24(2,22(23(25)27)30-16-18-8-6-7-15-26-18)17-32(28,29)21-13-11-20(12-14-21)31-19-9-4-3-5-10-19/h3-15,22H,16-17H2,1-2H3,(H2,25,27). The molecule has 3 aromatic rings. The van der Waals surface area contributed by atoms with Crippen molar-refractivity contribution in [2.24, 2.45) is 11.1 Å². The van der Waals surface area contributed by atoms with Crippen LogP contribution in [0.3, 0.4) is 0 Å². The predicted molar refractivity (Wildman–Crippen MR) is 121 cm³/mol. The Morgan fingerprint density at radius 2 is 1.59 bits per heavy atom. The number of sulfone groups is 1. The number of pyridine rings is 1. The SMILES string of the molecule is CC(C)(CS(=O)(=O)c1ccc(Oc2ccccc2)cc1)C(OCc1ccccn1)C(N)=O. The molecule has 0 spiro atoms. The molecular formula is C24H26N2O5S. The van der Waals surface area contributed by atoms with E-state index in [4.69, 9.17) is 15.2 Å². The lowest BCUT2D eigenvalue weighted by molar-refractivity contribution is -0.137. The van der Waals surface area contributed by atoms with Gasteiger partial charge in [0.2, 0.25) is 5.91 Å². The molecule has 0 radical (unpaired) electrons. The molecule has 32 heavy (non-hydrogen) atoms. The first-order valence-electron chi connectivity index (χ1n) is 10.0. The molecule has 1 unspecified atom stereocenters. The molecule has 0 aliphatic carbocycles. The van der Waals surface area contributed by atoms with E-state index in [1.165, 1.54) is 12.1 Å². The van der Waals surface area contributed by atoms with Gasteiger partial charge in [0.25, 0.3) is 0 Å². The maximum Gasteiger partial charge on any atom is 0.247 e. The number of ether oxygens (including phenoxy) is 2. The monoisotopic (exact) mass is 454 g/mol. The second-order valence-corrected chi connectivity index (χ2v) is 10.0. The molecular weight excluding hydrogens is 428 g/mol. The van der Waals surface area contributed by atoms with Crippen molar-refractivity contribution in [1.82, 2.24) is 4.98 Å². The van der Waals surface area contributed by atoms with Gasteiger partial charge in [-0.05, 0) is 48.5 Å². The molecule has 0 saturated carbocycles. The van der Waals surface area contributed by atoms with E-state index in [1.807, 2.05) is 30.3 Å². The molecule has 1 aromatic heterocycles. The summed E-state index contributed by atoms with van der Waals surface area (Å²) < 4.78 is 37.5. The van der Waals surface area contributed by atoms with Crippen LogP contribution in [0.25, 0.3) is 0 Å². The van der Waals surface area contributed by atoms with E-state index in [1.54, 1.807) is 50.4 Å². The Kier molecular flexibility index (Phi) is 7.27. The Balaban J connectivity index is 1.71. The van der Waals surface area contributed by atoms with Gasteiger partial charge in [-0.3, -0.25) is 9.78 Å². The number of hydrogen-bond donors (Lipinski definition) is 1. The van der Waals surface area contributed by atoms with Crippen molar-refractivity contribution in [2.75, 3.05) is 5.75 Å². The van der Waals surface area contributed by atoms with Crippen molar-refractivity contribution in [3.63, 3.8) is 0 Å². The number of amides is 1. The van der Waals surface area contributed by atoms with Crippen molar-refractivity contribution in [1.29, 1.82) is 0 Å². The fourth-order valence-corrected chi connectivity index (χ4v) is 5.18. The van der Waals surface area contributed by atoms with Crippen LogP contribution in [0.5, 0.6) is 11.5 Å². The van der Waals surface area contributed by atoms with Crippen LogP contribution < -0.4 is 10.5 Å². The minimum Gasteiger partial charge on any atom is -0.457 e. The average Bonchev–Trinajstić information content (AvgIpc) is 2.74. The summed E-state index contributed by atoms with van der Waals surface area (Å²) >= 11 is 0. The third kappa shape index (κ3) is 6.15. The summed E-state index contributed by atoms with van der Waals surface area (Å²) in [7, 11) is -3.73. The van der Waals surface area contributed by atoms with Gasteiger partial charge in [-0.15, -0.1) is 0 Å². The van der Waals surface area contributed by atoms with Crippen molar-refractivity contribution >= 4 is 15.7 Å². The molecule has 1 amide bonds. The van der Waals surface area contributed by atoms with Gasteiger partial charge in [0, 0.05) is 11.6 Å². The molecule has 7 nitrogen and oxygen atoms in total. The highest BCUT2D eigenvalue weighted by Crippen LogP contribution is 2.30. The molecule has 0 bridgehead atoms. The summed E-state index contributed by atoms with van der Waals surface area (Å²) in [6, 6.07) is 20.7. The van der Waals surface area contributed by atoms with Crippen molar-refractivity contribution < 1.29 is 22.7 Å². The van der Waals surface area contributed by atoms with E-state index < -0.39 is 27.3 Å². The van der Waals surface area contributed by atoms with Crippen molar-refractivity contribution in [3.05, 3.63) is 84.7 Å². The minimum atomic E-state index is -3.73.